The molecular formula is C24H29N3O. The number of aromatic nitrogens is 1. The van der Waals surface area contributed by atoms with E-state index in [2.05, 4.69) is 63.9 Å². The highest BCUT2D eigenvalue weighted by atomic mass is 16.1. The average molecular weight is 376 g/mol. The van der Waals surface area contributed by atoms with Gasteiger partial charge in [0.05, 0.1) is 0 Å². The average Bonchev–Trinajstić information content (AvgIpc) is 3.14. The normalized spacial score (nSPS) is 14.1. The fourth-order valence-corrected chi connectivity index (χ4v) is 4.14. The fourth-order valence-electron chi connectivity index (χ4n) is 4.14. The lowest BCUT2D eigenvalue weighted by Gasteiger charge is -2.28. The molecule has 0 bridgehead atoms. The number of carbonyl (C=O) groups excluding carboxylic acids is 1. The van der Waals surface area contributed by atoms with E-state index in [9.17, 15) is 4.79 Å². The third-order valence-corrected chi connectivity index (χ3v) is 5.71. The molecule has 0 saturated carbocycles. The van der Waals surface area contributed by atoms with Gasteiger partial charge < -0.3 is 10.3 Å². The van der Waals surface area contributed by atoms with Gasteiger partial charge in [-0.05, 0) is 48.4 Å². The van der Waals surface area contributed by atoms with Crippen LogP contribution in [0.3, 0.4) is 0 Å². The molecule has 1 amide bonds. The van der Waals surface area contributed by atoms with E-state index in [0.717, 1.165) is 51.9 Å². The monoisotopic (exact) mass is 375 g/mol. The molecule has 3 aromatic rings. The van der Waals surface area contributed by atoms with E-state index in [0.29, 0.717) is 6.42 Å². The van der Waals surface area contributed by atoms with Crippen LogP contribution in [0.5, 0.6) is 0 Å². The Labute approximate surface area is 166 Å². The summed E-state index contributed by atoms with van der Waals surface area (Å²) >= 11 is 0. The van der Waals surface area contributed by atoms with Gasteiger partial charge in [-0.15, -0.1) is 0 Å². The number of hydrogen-bond acceptors (Lipinski definition) is 2. The summed E-state index contributed by atoms with van der Waals surface area (Å²) in [5.41, 5.74) is 5.41. The molecule has 2 N–H and O–H groups in total. The molecule has 0 aliphatic carbocycles. The lowest BCUT2D eigenvalue weighted by Crippen LogP contribution is -2.33. The summed E-state index contributed by atoms with van der Waals surface area (Å²) in [7, 11) is 0. The van der Waals surface area contributed by atoms with Crippen molar-refractivity contribution in [3.63, 3.8) is 0 Å². The number of hydrogen-bond donors (Lipinski definition) is 2. The Hall–Kier alpha value is -2.59. The first kappa shape index (κ1) is 18.8. The highest BCUT2D eigenvalue weighted by molar-refractivity contribution is 5.83. The molecular weight excluding hydrogens is 346 g/mol. The van der Waals surface area contributed by atoms with Gasteiger partial charge in [0.15, 0.2) is 0 Å². The second kappa shape index (κ2) is 9.07. The number of benzene rings is 2. The van der Waals surface area contributed by atoms with E-state index in [1.165, 1.54) is 27.6 Å². The Kier molecular flexibility index (Phi) is 6.07. The zero-order valence-electron chi connectivity index (χ0n) is 16.4. The van der Waals surface area contributed by atoms with Crippen molar-refractivity contribution in [2.24, 2.45) is 0 Å². The number of aromatic amines is 1. The zero-order chi connectivity index (χ0) is 19.2. The highest BCUT2D eigenvalue weighted by Gasteiger charge is 2.15. The molecule has 1 aliphatic heterocycles. The van der Waals surface area contributed by atoms with Crippen molar-refractivity contribution >= 4 is 16.8 Å². The number of amides is 1. The quantitative estimate of drug-likeness (QED) is 0.584. The van der Waals surface area contributed by atoms with Crippen LogP contribution in [-0.2, 0) is 24.2 Å². The molecule has 4 nitrogen and oxygen atoms in total. The summed E-state index contributed by atoms with van der Waals surface area (Å²) in [6, 6.07) is 17.1. The molecule has 28 heavy (non-hydrogen) atoms. The van der Waals surface area contributed by atoms with Crippen LogP contribution in [0, 0.1) is 0 Å². The topological polar surface area (TPSA) is 48.1 Å². The van der Waals surface area contributed by atoms with Crippen molar-refractivity contribution < 1.29 is 4.79 Å². The minimum Gasteiger partial charge on any atom is -0.361 e. The smallest absolute Gasteiger partial charge is 0.220 e. The van der Waals surface area contributed by atoms with Crippen molar-refractivity contribution in [3.8, 4) is 0 Å². The van der Waals surface area contributed by atoms with Crippen LogP contribution in [0.4, 0.5) is 0 Å². The second-order valence-electron chi connectivity index (χ2n) is 7.71. The van der Waals surface area contributed by atoms with Crippen LogP contribution >= 0.6 is 0 Å². The van der Waals surface area contributed by atoms with Gasteiger partial charge in [-0.3, -0.25) is 9.69 Å². The second-order valence-corrected chi connectivity index (χ2v) is 7.71. The summed E-state index contributed by atoms with van der Waals surface area (Å²) < 4.78 is 0. The fraction of sp³-hybridized carbons (Fsp3) is 0.375. The third-order valence-electron chi connectivity index (χ3n) is 5.71. The highest BCUT2D eigenvalue weighted by Crippen LogP contribution is 2.20. The van der Waals surface area contributed by atoms with Gasteiger partial charge in [0, 0.05) is 49.7 Å². The Morgan fingerprint density at radius 2 is 1.86 bits per heavy atom. The number of H-pyrrole nitrogens is 1. The van der Waals surface area contributed by atoms with Crippen molar-refractivity contribution in [2.75, 3.05) is 19.6 Å². The van der Waals surface area contributed by atoms with Crippen molar-refractivity contribution in [2.45, 2.75) is 38.6 Å². The van der Waals surface area contributed by atoms with Gasteiger partial charge in [0.1, 0.15) is 0 Å². The van der Waals surface area contributed by atoms with Gasteiger partial charge in [-0.25, -0.2) is 0 Å². The molecule has 0 radical (unpaired) electrons. The zero-order valence-corrected chi connectivity index (χ0v) is 16.4. The Balaban J connectivity index is 1.12. The number of aryl methyl sites for hydroxylation is 1. The Morgan fingerprint density at radius 3 is 2.79 bits per heavy atom. The van der Waals surface area contributed by atoms with Crippen molar-refractivity contribution in [3.05, 3.63) is 71.4 Å². The van der Waals surface area contributed by atoms with Gasteiger partial charge in [0.25, 0.3) is 0 Å². The van der Waals surface area contributed by atoms with Crippen molar-refractivity contribution in [1.82, 2.24) is 15.2 Å². The lowest BCUT2D eigenvalue weighted by atomic mass is 10.00. The first-order chi connectivity index (χ1) is 13.8. The molecule has 0 unspecified atom stereocenters. The van der Waals surface area contributed by atoms with Crippen LogP contribution in [0.25, 0.3) is 10.9 Å². The number of nitrogens with zero attached hydrogens (tertiary/aromatic N) is 1. The third kappa shape index (κ3) is 4.63. The van der Waals surface area contributed by atoms with Crippen LogP contribution in [-0.4, -0.2) is 35.4 Å². The van der Waals surface area contributed by atoms with E-state index >= 15 is 0 Å². The molecule has 0 saturated heterocycles. The maximum absolute atomic E-state index is 12.1. The lowest BCUT2D eigenvalue weighted by molar-refractivity contribution is -0.121. The van der Waals surface area contributed by atoms with Crippen LogP contribution in [0.15, 0.2) is 54.7 Å². The summed E-state index contributed by atoms with van der Waals surface area (Å²) in [6.07, 6.45) is 6.63. The van der Waals surface area contributed by atoms with Gasteiger partial charge in [-0.1, -0.05) is 42.5 Å². The predicted molar refractivity (Wildman–Crippen MR) is 114 cm³/mol. The number of para-hydroxylation sites is 1. The number of fused-ring (bicyclic) bond motifs is 2. The summed E-state index contributed by atoms with van der Waals surface area (Å²) in [5.74, 6) is 0.170. The Morgan fingerprint density at radius 1 is 1.04 bits per heavy atom. The van der Waals surface area contributed by atoms with Crippen molar-refractivity contribution in [1.29, 1.82) is 0 Å². The standard InChI is InChI=1S/C24H29N3O/c28-24(12-5-9-20-17-26-23-11-4-3-10-22(20)23)25-14-6-15-27-16-13-19-7-1-2-8-21(19)18-27/h1-4,7-8,10-11,17,26H,5-6,9,12-16,18H2,(H,25,28). The first-order valence-electron chi connectivity index (χ1n) is 10.4. The van der Waals surface area contributed by atoms with Gasteiger partial charge >= 0.3 is 0 Å². The van der Waals surface area contributed by atoms with Gasteiger partial charge in [-0.2, -0.15) is 0 Å². The summed E-state index contributed by atoms with van der Waals surface area (Å²) in [4.78, 5) is 17.9. The first-order valence-corrected chi connectivity index (χ1v) is 10.4. The SMILES string of the molecule is O=C(CCCc1c[nH]c2ccccc12)NCCCN1CCc2ccccc2C1. The van der Waals surface area contributed by atoms with Crippen LogP contribution < -0.4 is 5.32 Å². The molecule has 4 heteroatoms. The largest absolute Gasteiger partial charge is 0.361 e. The number of nitrogens with one attached hydrogen (secondary N) is 2. The van der Waals surface area contributed by atoms with E-state index in [1.807, 2.05) is 6.07 Å². The molecule has 0 spiro atoms. The molecule has 146 valence electrons. The molecule has 2 aromatic carbocycles. The molecule has 2 heterocycles. The molecule has 1 aliphatic rings. The number of rotatable bonds is 8. The maximum atomic E-state index is 12.1. The Bertz CT molecular complexity index is 930. The van der Waals surface area contributed by atoms with Crippen LogP contribution in [0.1, 0.15) is 36.0 Å². The van der Waals surface area contributed by atoms with E-state index in [1.54, 1.807) is 0 Å². The number of carbonyl (C=O) groups is 1. The van der Waals surface area contributed by atoms with Gasteiger partial charge in [0.2, 0.25) is 5.91 Å². The molecule has 0 atom stereocenters. The molecule has 4 rings (SSSR count). The minimum absolute atomic E-state index is 0.170. The maximum Gasteiger partial charge on any atom is 0.220 e. The summed E-state index contributed by atoms with van der Waals surface area (Å²) in [5, 5.41) is 4.35. The predicted octanol–water partition coefficient (Wildman–Crippen LogP) is 4.06. The van der Waals surface area contributed by atoms with E-state index in [4.69, 9.17) is 0 Å². The van der Waals surface area contributed by atoms with E-state index in [-0.39, 0.29) is 5.91 Å². The molecule has 1 aromatic heterocycles. The molecule has 0 fully saturated rings. The van der Waals surface area contributed by atoms with Crippen LogP contribution in [0.2, 0.25) is 0 Å². The summed E-state index contributed by atoms with van der Waals surface area (Å²) in [6.45, 7) is 3.97. The minimum atomic E-state index is 0.170. The van der Waals surface area contributed by atoms with E-state index < -0.39 is 0 Å².